The molecule has 0 aromatic rings. The highest BCUT2D eigenvalue weighted by Crippen LogP contribution is 2.15. The molecule has 0 aromatic carbocycles. The van der Waals surface area contributed by atoms with Crippen molar-refractivity contribution in [2.75, 3.05) is 33.8 Å². The van der Waals surface area contributed by atoms with E-state index in [0.717, 1.165) is 13.1 Å². The number of hydrogen-bond acceptors (Lipinski definition) is 4. The van der Waals surface area contributed by atoms with Gasteiger partial charge in [0.15, 0.2) is 0 Å². The molecule has 0 saturated carbocycles. The molecule has 1 fully saturated rings. The summed E-state index contributed by atoms with van der Waals surface area (Å²) in [6, 6.07) is 0. The quantitative estimate of drug-likeness (QED) is 0.725. The molecule has 1 saturated heterocycles. The van der Waals surface area contributed by atoms with Gasteiger partial charge in [0.05, 0.1) is 7.11 Å². The molecule has 94 valence electrons. The Kier molecular flexibility index (Phi) is 4.74. The van der Waals surface area contributed by atoms with Crippen molar-refractivity contribution in [1.29, 1.82) is 0 Å². The number of methoxy groups -OCH3 is 1. The number of hydrogen-bond donors (Lipinski definition) is 1. The largest absolute Gasteiger partial charge is 0.468 e. The van der Waals surface area contributed by atoms with Crippen molar-refractivity contribution < 1.29 is 9.53 Å². The van der Waals surface area contributed by atoms with Crippen LogP contribution < -0.4 is 5.32 Å². The molecule has 1 N–H and O–H groups in total. The van der Waals surface area contributed by atoms with Gasteiger partial charge in [0.25, 0.3) is 0 Å². The van der Waals surface area contributed by atoms with E-state index in [0.29, 0.717) is 5.92 Å². The second-order valence-corrected chi connectivity index (χ2v) is 5.27. The highest BCUT2D eigenvalue weighted by Gasteiger charge is 2.29. The average molecular weight is 228 g/mol. The first-order valence-electron chi connectivity index (χ1n) is 5.97. The zero-order chi connectivity index (χ0) is 12.2. The standard InChI is InChI=1S/C12H24N2O2/c1-12(2,11(15)16-4)13-8-10-6-5-7-14(3)9-10/h10,13H,5-9H2,1-4H3. The molecular weight excluding hydrogens is 204 g/mol. The van der Waals surface area contributed by atoms with Crippen molar-refractivity contribution in [2.45, 2.75) is 32.2 Å². The number of likely N-dealkylation sites (tertiary alicyclic amines) is 1. The first kappa shape index (κ1) is 13.5. The fourth-order valence-corrected chi connectivity index (χ4v) is 2.17. The highest BCUT2D eigenvalue weighted by atomic mass is 16.5. The summed E-state index contributed by atoms with van der Waals surface area (Å²) >= 11 is 0. The normalized spacial score (nSPS) is 23.1. The second kappa shape index (κ2) is 5.64. The van der Waals surface area contributed by atoms with Crippen molar-refractivity contribution in [3.63, 3.8) is 0 Å². The molecule has 1 atom stereocenters. The fourth-order valence-electron chi connectivity index (χ4n) is 2.17. The van der Waals surface area contributed by atoms with Crippen LogP contribution in [0.25, 0.3) is 0 Å². The van der Waals surface area contributed by atoms with Crippen LogP contribution in [0, 0.1) is 5.92 Å². The molecule has 4 nitrogen and oxygen atoms in total. The summed E-state index contributed by atoms with van der Waals surface area (Å²) < 4.78 is 4.76. The lowest BCUT2D eigenvalue weighted by Crippen LogP contribution is -2.50. The highest BCUT2D eigenvalue weighted by molar-refractivity contribution is 5.79. The van der Waals surface area contributed by atoms with E-state index in [1.807, 2.05) is 13.8 Å². The molecule has 0 aromatic heterocycles. The Morgan fingerprint density at radius 1 is 1.56 bits per heavy atom. The third kappa shape index (κ3) is 3.76. The van der Waals surface area contributed by atoms with Crippen LogP contribution in [0.4, 0.5) is 0 Å². The molecule has 1 unspecified atom stereocenters. The summed E-state index contributed by atoms with van der Waals surface area (Å²) in [6.45, 7) is 6.92. The predicted molar refractivity (Wildman–Crippen MR) is 64.3 cm³/mol. The molecule has 1 heterocycles. The Labute approximate surface area is 98.3 Å². The van der Waals surface area contributed by atoms with Gasteiger partial charge in [0.2, 0.25) is 0 Å². The topological polar surface area (TPSA) is 41.6 Å². The summed E-state index contributed by atoms with van der Waals surface area (Å²) in [6.07, 6.45) is 2.50. The van der Waals surface area contributed by atoms with Gasteiger partial charge in [-0.15, -0.1) is 0 Å². The van der Waals surface area contributed by atoms with E-state index in [1.165, 1.54) is 26.5 Å². The maximum absolute atomic E-state index is 11.5. The van der Waals surface area contributed by atoms with Gasteiger partial charge in [0.1, 0.15) is 5.54 Å². The molecule has 1 aliphatic heterocycles. The Morgan fingerprint density at radius 2 is 2.25 bits per heavy atom. The SMILES string of the molecule is COC(=O)C(C)(C)NCC1CCCN(C)C1. The van der Waals surface area contributed by atoms with Crippen LogP contribution in [0.3, 0.4) is 0 Å². The maximum atomic E-state index is 11.5. The molecule has 1 aliphatic rings. The number of ether oxygens (including phenoxy) is 1. The second-order valence-electron chi connectivity index (χ2n) is 5.27. The molecule has 0 radical (unpaired) electrons. The minimum Gasteiger partial charge on any atom is -0.468 e. The summed E-state index contributed by atoms with van der Waals surface area (Å²) in [7, 11) is 3.58. The third-order valence-electron chi connectivity index (χ3n) is 3.25. The van der Waals surface area contributed by atoms with E-state index in [-0.39, 0.29) is 5.97 Å². The average Bonchev–Trinajstić information content (AvgIpc) is 2.25. The number of carbonyl (C=O) groups is 1. The molecule has 0 bridgehead atoms. The third-order valence-corrected chi connectivity index (χ3v) is 3.25. The molecule has 0 aliphatic carbocycles. The monoisotopic (exact) mass is 228 g/mol. The maximum Gasteiger partial charge on any atom is 0.325 e. The van der Waals surface area contributed by atoms with Crippen LogP contribution in [0.1, 0.15) is 26.7 Å². The molecule has 0 spiro atoms. The van der Waals surface area contributed by atoms with Gasteiger partial charge in [-0.05, 0) is 46.2 Å². The Hall–Kier alpha value is -0.610. The van der Waals surface area contributed by atoms with Crippen molar-refractivity contribution in [1.82, 2.24) is 10.2 Å². The van der Waals surface area contributed by atoms with Crippen LogP contribution in [0.5, 0.6) is 0 Å². The van der Waals surface area contributed by atoms with Crippen molar-refractivity contribution in [2.24, 2.45) is 5.92 Å². The van der Waals surface area contributed by atoms with E-state index in [4.69, 9.17) is 4.74 Å². The minimum atomic E-state index is -0.579. The van der Waals surface area contributed by atoms with Gasteiger partial charge in [0, 0.05) is 13.1 Å². The number of piperidine rings is 1. The predicted octanol–water partition coefficient (Wildman–Crippen LogP) is 0.869. The van der Waals surface area contributed by atoms with Crippen LogP contribution in [0.2, 0.25) is 0 Å². The number of nitrogens with one attached hydrogen (secondary N) is 1. The van der Waals surface area contributed by atoms with Gasteiger partial charge in [-0.3, -0.25) is 4.79 Å². The smallest absolute Gasteiger partial charge is 0.325 e. The van der Waals surface area contributed by atoms with Gasteiger partial charge in [-0.2, -0.15) is 0 Å². The summed E-state index contributed by atoms with van der Waals surface area (Å²) in [5, 5.41) is 3.30. The molecule has 0 amide bonds. The van der Waals surface area contributed by atoms with Crippen LogP contribution in [-0.4, -0.2) is 50.2 Å². The minimum absolute atomic E-state index is 0.198. The van der Waals surface area contributed by atoms with Crippen LogP contribution in [0.15, 0.2) is 0 Å². The Balaban J connectivity index is 2.35. The molecular formula is C12H24N2O2. The number of nitrogens with zero attached hydrogens (tertiary/aromatic N) is 1. The lowest BCUT2D eigenvalue weighted by Gasteiger charge is -2.32. The zero-order valence-corrected chi connectivity index (χ0v) is 10.9. The lowest BCUT2D eigenvalue weighted by molar-refractivity contribution is -0.147. The van der Waals surface area contributed by atoms with Gasteiger partial charge < -0.3 is 15.0 Å². The zero-order valence-electron chi connectivity index (χ0n) is 10.9. The van der Waals surface area contributed by atoms with Crippen molar-refractivity contribution >= 4 is 5.97 Å². The molecule has 1 rings (SSSR count). The molecule has 16 heavy (non-hydrogen) atoms. The van der Waals surface area contributed by atoms with E-state index < -0.39 is 5.54 Å². The van der Waals surface area contributed by atoms with E-state index >= 15 is 0 Å². The first-order chi connectivity index (χ1) is 7.45. The summed E-state index contributed by atoms with van der Waals surface area (Å²) in [5.41, 5.74) is -0.579. The summed E-state index contributed by atoms with van der Waals surface area (Å²) in [5.74, 6) is 0.444. The molecule has 4 heteroatoms. The lowest BCUT2D eigenvalue weighted by atomic mass is 9.96. The fraction of sp³-hybridized carbons (Fsp3) is 0.917. The Morgan fingerprint density at radius 3 is 2.81 bits per heavy atom. The van der Waals surface area contributed by atoms with Crippen LogP contribution >= 0.6 is 0 Å². The summed E-state index contributed by atoms with van der Waals surface area (Å²) in [4.78, 5) is 13.8. The number of esters is 1. The number of carbonyl (C=O) groups excluding carboxylic acids is 1. The van der Waals surface area contributed by atoms with E-state index in [9.17, 15) is 4.79 Å². The van der Waals surface area contributed by atoms with E-state index in [1.54, 1.807) is 0 Å². The van der Waals surface area contributed by atoms with Crippen LogP contribution in [-0.2, 0) is 9.53 Å². The first-order valence-corrected chi connectivity index (χ1v) is 5.97. The Bertz CT molecular complexity index is 241. The number of rotatable bonds is 4. The van der Waals surface area contributed by atoms with E-state index in [2.05, 4.69) is 17.3 Å². The van der Waals surface area contributed by atoms with Crippen molar-refractivity contribution in [3.8, 4) is 0 Å². The van der Waals surface area contributed by atoms with Gasteiger partial charge in [-0.25, -0.2) is 0 Å². The van der Waals surface area contributed by atoms with Gasteiger partial charge >= 0.3 is 5.97 Å². The van der Waals surface area contributed by atoms with Gasteiger partial charge in [-0.1, -0.05) is 0 Å². The van der Waals surface area contributed by atoms with Crippen molar-refractivity contribution in [3.05, 3.63) is 0 Å².